The average molecular weight is 1040 g/mol. The molecule has 0 aromatic heterocycles. The number of esters is 3. The molecular weight excluding hydrogens is 948 g/mol. The summed E-state index contributed by atoms with van der Waals surface area (Å²) < 4.78 is 48.6. The maximum Gasteiger partial charge on any atom is 0.338 e. The van der Waals surface area contributed by atoms with E-state index in [1.165, 1.54) is 26.0 Å². The Balaban J connectivity index is 1.01. The number of ketones is 1. The first-order valence-corrected chi connectivity index (χ1v) is 27.0. The molecule has 20 atom stereocenters. The van der Waals surface area contributed by atoms with Crippen LogP contribution in [0, 0.1) is 46.3 Å². The molecule has 0 spiro atoms. The van der Waals surface area contributed by atoms with E-state index in [4.69, 9.17) is 23.7 Å². The molecule has 8 rings (SSSR count). The van der Waals surface area contributed by atoms with E-state index >= 15 is 4.39 Å². The van der Waals surface area contributed by atoms with Gasteiger partial charge in [-0.15, -0.1) is 0 Å². The third-order valence-corrected chi connectivity index (χ3v) is 19.6. The molecule has 0 amide bonds. The largest absolute Gasteiger partial charge is 0.464 e. The van der Waals surface area contributed by atoms with Gasteiger partial charge in [0.1, 0.15) is 17.8 Å². The number of carbonyl (C=O) groups is 4. The van der Waals surface area contributed by atoms with Crippen LogP contribution in [0.2, 0.25) is 0 Å². The molecule has 3 saturated heterocycles. The van der Waals surface area contributed by atoms with Gasteiger partial charge in [-0.1, -0.05) is 39.3 Å². The number of ether oxygens (including phenoxy) is 5. The van der Waals surface area contributed by atoms with Gasteiger partial charge in [0.05, 0.1) is 48.6 Å². The Labute approximate surface area is 431 Å². The van der Waals surface area contributed by atoms with Crippen molar-refractivity contribution in [1.29, 1.82) is 0 Å². The quantitative estimate of drug-likeness (QED) is 0.0975. The number of aliphatic hydroxyl groups is 6. The summed E-state index contributed by atoms with van der Waals surface area (Å²) in [5.74, 6) is -6.27. The molecule has 5 aliphatic carbocycles. The minimum absolute atomic E-state index is 0.0574. The summed E-state index contributed by atoms with van der Waals surface area (Å²) in [5, 5.41) is 71.3. The third-order valence-electron chi connectivity index (χ3n) is 19.6. The van der Waals surface area contributed by atoms with E-state index < -0.39 is 136 Å². The Morgan fingerprint density at radius 1 is 0.959 bits per heavy atom. The summed E-state index contributed by atoms with van der Waals surface area (Å²) in [6, 6.07) is -0.949. The lowest BCUT2D eigenvalue weighted by atomic mass is 9.45. The second-order valence-electron chi connectivity index (χ2n) is 24.6. The van der Waals surface area contributed by atoms with Crippen LogP contribution in [0.5, 0.6) is 0 Å². The minimum Gasteiger partial charge on any atom is -0.464 e. The van der Waals surface area contributed by atoms with E-state index in [-0.39, 0.29) is 69.4 Å². The molecule has 0 radical (unpaired) electrons. The lowest BCUT2D eigenvalue weighted by Gasteiger charge is -2.62. The van der Waals surface area contributed by atoms with E-state index in [0.29, 0.717) is 37.8 Å². The van der Waals surface area contributed by atoms with Gasteiger partial charge in [0.25, 0.3) is 0 Å². The Morgan fingerprint density at radius 2 is 1.63 bits per heavy atom. The summed E-state index contributed by atoms with van der Waals surface area (Å²) >= 11 is 0. The van der Waals surface area contributed by atoms with Crippen LogP contribution < -0.4 is 0 Å². The predicted octanol–water partition coefficient (Wildman–Crippen LogP) is 3.95. The van der Waals surface area contributed by atoms with Crippen LogP contribution in [-0.2, 0) is 42.9 Å². The average Bonchev–Trinajstić information content (AvgIpc) is 3.52. The molecule has 2 unspecified atom stereocenters. The number of likely N-dealkylation sites (N-methyl/N-ethyl adjacent to an activating group) is 2. The van der Waals surface area contributed by atoms with Crippen LogP contribution in [0.4, 0.5) is 4.39 Å². The van der Waals surface area contributed by atoms with Gasteiger partial charge in [-0.2, -0.15) is 0 Å². The van der Waals surface area contributed by atoms with Crippen LogP contribution >= 0.6 is 0 Å². The molecular formula is C55H87FN2O15. The molecule has 414 valence electrons. The van der Waals surface area contributed by atoms with Crippen molar-refractivity contribution in [3.8, 4) is 0 Å². The van der Waals surface area contributed by atoms with Gasteiger partial charge in [0.2, 0.25) is 0 Å². The number of halogens is 1. The zero-order valence-electron chi connectivity index (χ0n) is 45.3. The SMILES string of the molecule is CC[C@H]1OC(=O)[C@H](C)[C@@H](O)[C@H](C)[C@@H](O[C@@H]2O[C@H](C)C[C@@H](N(C)C)[C@H]2OC(=O)CCCCOC(=O)[C@@]2(O)[C@H](C)CC3C4CCC5=CC(=O)C=C[C@]5(C)[C@@]4(F)[C@@H](O)C[C@@]32C)C2(O)CC(CN(C)[C@H](C)[C@@H](O)[C@]1(C)O)C2. The standard InChI is InChI=1S/C55H87FN2O15/c1-13-41-52(9,66)45(63)33(6)58(12)28-34-25-53(67,26-34)46(31(4)43(62)32(5)47(64)71-41)73-48-44(39(57(10)11)23-30(3)70-48)72-42(61)16-14-15-21-69-49(65)55(68)29(2)22-38-37-18-17-35-24-36(59)19-20-50(35,7)54(37,56)40(60)27-51(38,55)8/h19-20,24,29-34,37-41,43-46,48,60,62-63,66-68H,13-18,21-23,25-28H2,1-12H3/t29-,30-,31+,32-,33-,34?,37?,38?,39-,40+,41-,43+,44-,45-,46-,48+,50+,51+,52-,53?,54+,55+/m1/s1. The number of carbonyl (C=O) groups excluding carboxylic acids is 4. The van der Waals surface area contributed by atoms with Gasteiger partial charge < -0.3 is 64.1 Å². The topological polar surface area (TPSA) is 242 Å². The Kier molecular flexibility index (Phi) is 16.7. The van der Waals surface area contributed by atoms with Gasteiger partial charge in [-0.3, -0.25) is 14.4 Å². The number of unbranched alkanes of at least 4 members (excludes halogenated alkanes) is 1. The van der Waals surface area contributed by atoms with Crippen molar-refractivity contribution in [2.45, 2.75) is 217 Å². The fourth-order valence-electron chi connectivity index (χ4n) is 14.9. The van der Waals surface area contributed by atoms with Crippen molar-refractivity contribution in [1.82, 2.24) is 9.80 Å². The molecule has 4 saturated carbocycles. The van der Waals surface area contributed by atoms with Crippen LogP contribution in [0.1, 0.15) is 133 Å². The molecule has 6 N–H and O–H groups in total. The monoisotopic (exact) mass is 1030 g/mol. The molecule has 0 aromatic carbocycles. The molecule has 0 aromatic rings. The lowest BCUT2D eigenvalue weighted by molar-refractivity contribution is -0.313. The van der Waals surface area contributed by atoms with Crippen molar-refractivity contribution in [3.05, 3.63) is 23.8 Å². The highest BCUT2D eigenvalue weighted by molar-refractivity contribution is 6.01. The van der Waals surface area contributed by atoms with Crippen molar-refractivity contribution >= 4 is 23.7 Å². The van der Waals surface area contributed by atoms with E-state index in [2.05, 4.69) is 0 Å². The van der Waals surface area contributed by atoms with Crippen LogP contribution in [0.3, 0.4) is 0 Å². The summed E-state index contributed by atoms with van der Waals surface area (Å²) in [6.45, 7) is 15.6. The number of hydrogen-bond donors (Lipinski definition) is 6. The lowest BCUT2D eigenvalue weighted by Crippen LogP contribution is -2.69. The van der Waals surface area contributed by atoms with Gasteiger partial charge in [0.15, 0.2) is 29.4 Å². The van der Waals surface area contributed by atoms with Gasteiger partial charge >= 0.3 is 17.9 Å². The molecule has 3 aliphatic heterocycles. The zero-order chi connectivity index (χ0) is 54.1. The Bertz CT molecular complexity index is 2120. The van der Waals surface area contributed by atoms with Gasteiger partial charge in [-0.25, -0.2) is 9.18 Å². The van der Waals surface area contributed by atoms with Crippen LogP contribution in [-0.4, -0.2) is 182 Å². The second-order valence-corrected chi connectivity index (χ2v) is 24.6. The van der Waals surface area contributed by atoms with Gasteiger partial charge in [0, 0.05) is 41.7 Å². The van der Waals surface area contributed by atoms with Gasteiger partial charge in [-0.05, 0) is 150 Å². The molecule has 7 fully saturated rings. The Morgan fingerprint density at radius 3 is 2.27 bits per heavy atom. The summed E-state index contributed by atoms with van der Waals surface area (Å²) in [4.78, 5) is 57.6. The maximum atomic E-state index is 17.7. The molecule has 2 bridgehead atoms. The number of allylic oxidation sites excluding steroid dienone is 4. The molecule has 8 aliphatic rings. The second kappa shape index (κ2) is 21.1. The molecule has 3 heterocycles. The van der Waals surface area contributed by atoms with Crippen LogP contribution in [0.25, 0.3) is 0 Å². The summed E-state index contributed by atoms with van der Waals surface area (Å²) in [5.41, 5.74) is -9.21. The fraction of sp³-hybridized carbons (Fsp3) is 0.855. The normalized spacial score (nSPS) is 48.5. The first-order valence-electron chi connectivity index (χ1n) is 27.0. The smallest absolute Gasteiger partial charge is 0.338 e. The highest BCUT2D eigenvalue weighted by Crippen LogP contribution is 2.70. The number of hydrogen-bond acceptors (Lipinski definition) is 17. The minimum atomic E-state index is -2.11. The summed E-state index contributed by atoms with van der Waals surface area (Å²) in [7, 11) is 5.52. The van der Waals surface area contributed by atoms with E-state index in [1.807, 2.05) is 37.9 Å². The Hall–Kier alpha value is -2.91. The van der Waals surface area contributed by atoms with E-state index in [0.717, 1.165) is 0 Å². The number of fused-ring (bicyclic) bond motifs is 16. The first-order chi connectivity index (χ1) is 33.9. The fourth-order valence-corrected chi connectivity index (χ4v) is 14.9. The zero-order valence-corrected chi connectivity index (χ0v) is 45.3. The number of nitrogens with zero attached hydrogens (tertiary/aromatic N) is 2. The van der Waals surface area contributed by atoms with Crippen molar-refractivity contribution in [2.24, 2.45) is 46.3 Å². The third kappa shape index (κ3) is 9.92. The maximum absolute atomic E-state index is 17.7. The molecule has 73 heavy (non-hydrogen) atoms. The first kappa shape index (κ1) is 57.8. The van der Waals surface area contributed by atoms with Crippen molar-refractivity contribution < 1.29 is 77.9 Å². The van der Waals surface area contributed by atoms with E-state index in [1.54, 1.807) is 47.6 Å². The summed E-state index contributed by atoms with van der Waals surface area (Å²) in [6.07, 6.45) is -2.03. The predicted molar refractivity (Wildman–Crippen MR) is 265 cm³/mol. The number of alkyl halides is 1. The number of aliphatic hydroxyl groups excluding tert-OH is 3. The van der Waals surface area contributed by atoms with Crippen molar-refractivity contribution in [2.75, 3.05) is 34.3 Å². The molecule has 17 nitrogen and oxygen atoms in total. The highest BCUT2D eigenvalue weighted by atomic mass is 19.1. The number of rotatable bonds is 11. The van der Waals surface area contributed by atoms with E-state index in [9.17, 15) is 49.8 Å². The molecule has 18 heteroatoms. The highest BCUT2D eigenvalue weighted by Gasteiger charge is 2.76. The van der Waals surface area contributed by atoms with Crippen LogP contribution in [0.15, 0.2) is 23.8 Å². The van der Waals surface area contributed by atoms with Crippen molar-refractivity contribution in [3.63, 3.8) is 0 Å².